The summed E-state index contributed by atoms with van der Waals surface area (Å²) < 4.78 is 5.57. The van der Waals surface area contributed by atoms with Gasteiger partial charge in [-0.1, -0.05) is 18.2 Å². The average Bonchev–Trinajstić information content (AvgIpc) is 2.90. The lowest BCUT2D eigenvalue weighted by Gasteiger charge is -2.36. The Morgan fingerprint density at radius 1 is 1.43 bits per heavy atom. The van der Waals surface area contributed by atoms with E-state index in [2.05, 4.69) is 4.98 Å². The molecule has 0 aliphatic carbocycles. The second-order valence-electron chi connectivity index (χ2n) is 5.59. The van der Waals surface area contributed by atoms with Crippen LogP contribution >= 0.6 is 0 Å². The number of benzene rings is 1. The van der Waals surface area contributed by atoms with Crippen LogP contribution in [0.15, 0.2) is 30.5 Å². The summed E-state index contributed by atoms with van der Waals surface area (Å²) in [6.07, 6.45) is 1.95. The van der Waals surface area contributed by atoms with Crippen LogP contribution in [-0.4, -0.2) is 52.8 Å². The van der Waals surface area contributed by atoms with E-state index in [0.717, 1.165) is 16.5 Å². The number of morpholine rings is 1. The van der Waals surface area contributed by atoms with E-state index in [9.17, 15) is 9.90 Å². The minimum atomic E-state index is -0.277. The first-order valence-corrected chi connectivity index (χ1v) is 7.26. The van der Waals surface area contributed by atoms with E-state index in [4.69, 9.17) is 4.74 Å². The number of aromatic amines is 1. The summed E-state index contributed by atoms with van der Waals surface area (Å²) in [5.74, 6) is 0.0772. The van der Waals surface area contributed by atoms with Gasteiger partial charge in [0, 0.05) is 30.2 Å². The van der Waals surface area contributed by atoms with E-state index < -0.39 is 0 Å². The van der Waals surface area contributed by atoms with Crippen molar-refractivity contribution in [3.63, 3.8) is 0 Å². The Morgan fingerprint density at radius 3 is 3.05 bits per heavy atom. The number of aromatic nitrogens is 1. The summed E-state index contributed by atoms with van der Waals surface area (Å²) in [6.45, 7) is 2.91. The van der Waals surface area contributed by atoms with E-state index in [1.165, 1.54) is 0 Å². The first-order chi connectivity index (χ1) is 10.2. The van der Waals surface area contributed by atoms with Gasteiger partial charge >= 0.3 is 0 Å². The smallest absolute Gasteiger partial charge is 0.227 e. The normalized spacial score (nSPS) is 22.7. The van der Waals surface area contributed by atoms with Gasteiger partial charge in [0.05, 0.1) is 25.2 Å². The molecule has 1 aliphatic heterocycles. The molecular weight excluding hydrogens is 268 g/mol. The number of hydrogen-bond donors (Lipinski definition) is 2. The van der Waals surface area contributed by atoms with E-state index in [1.54, 1.807) is 4.90 Å². The molecule has 112 valence electrons. The van der Waals surface area contributed by atoms with Gasteiger partial charge in [0.1, 0.15) is 0 Å². The second-order valence-corrected chi connectivity index (χ2v) is 5.59. The van der Waals surface area contributed by atoms with Gasteiger partial charge in [0.15, 0.2) is 0 Å². The molecule has 0 saturated carbocycles. The highest BCUT2D eigenvalue weighted by atomic mass is 16.5. The van der Waals surface area contributed by atoms with Crippen molar-refractivity contribution in [3.05, 3.63) is 36.0 Å². The van der Waals surface area contributed by atoms with Crippen LogP contribution in [0.3, 0.4) is 0 Å². The average molecular weight is 288 g/mol. The Morgan fingerprint density at radius 2 is 2.24 bits per heavy atom. The van der Waals surface area contributed by atoms with Crippen molar-refractivity contribution in [2.75, 3.05) is 19.7 Å². The number of aliphatic hydroxyl groups is 1. The molecule has 1 aromatic carbocycles. The van der Waals surface area contributed by atoms with Crippen molar-refractivity contribution in [3.8, 4) is 0 Å². The second kappa shape index (κ2) is 5.87. The van der Waals surface area contributed by atoms with E-state index >= 15 is 0 Å². The number of carbonyl (C=O) groups excluding carboxylic acids is 1. The van der Waals surface area contributed by atoms with Gasteiger partial charge in [0.25, 0.3) is 0 Å². The summed E-state index contributed by atoms with van der Waals surface area (Å²) in [4.78, 5) is 17.5. The van der Waals surface area contributed by atoms with E-state index in [1.807, 2.05) is 37.4 Å². The van der Waals surface area contributed by atoms with Gasteiger partial charge < -0.3 is 19.7 Å². The fourth-order valence-corrected chi connectivity index (χ4v) is 2.90. The highest BCUT2D eigenvalue weighted by molar-refractivity contribution is 5.88. The topological polar surface area (TPSA) is 65.6 Å². The summed E-state index contributed by atoms with van der Waals surface area (Å²) in [5.41, 5.74) is 2.05. The number of hydrogen-bond acceptors (Lipinski definition) is 3. The maximum Gasteiger partial charge on any atom is 0.227 e. The molecule has 5 nitrogen and oxygen atoms in total. The molecule has 1 saturated heterocycles. The molecule has 0 bridgehead atoms. The molecule has 1 fully saturated rings. The molecule has 21 heavy (non-hydrogen) atoms. The van der Waals surface area contributed by atoms with Crippen LogP contribution < -0.4 is 0 Å². The predicted octanol–water partition coefficient (Wildman–Crippen LogP) is 1.32. The standard InChI is InChI=1S/C16H20N2O3/c1-11-8-18(9-13(10-19)21-11)16(20)6-12-7-17-15-5-3-2-4-14(12)15/h2-5,7,11,13,17,19H,6,8-10H2,1H3. The minimum Gasteiger partial charge on any atom is -0.394 e. The van der Waals surface area contributed by atoms with Crippen LogP contribution in [0.2, 0.25) is 0 Å². The van der Waals surface area contributed by atoms with Crippen LogP contribution in [0.4, 0.5) is 0 Å². The Kier molecular flexibility index (Phi) is 3.94. The number of nitrogens with one attached hydrogen (secondary N) is 1. The maximum atomic E-state index is 12.5. The third-order valence-electron chi connectivity index (χ3n) is 3.90. The van der Waals surface area contributed by atoms with Crippen molar-refractivity contribution in [1.82, 2.24) is 9.88 Å². The molecule has 1 amide bonds. The molecule has 1 aromatic heterocycles. The van der Waals surface area contributed by atoms with Crippen LogP contribution in [0, 0.1) is 0 Å². The summed E-state index contributed by atoms with van der Waals surface area (Å²) in [7, 11) is 0. The molecular formula is C16H20N2O3. The quantitative estimate of drug-likeness (QED) is 0.895. The van der Waals surface area contributed by atoms with Gasteiger partial charge in [-0.25, -0.2) is 0 Å². The van der Waals surface area contributed by atoms with Gasteiger partial charge in [0.2, 0.25) is 5.91 Å². The van der Waals surface area contributed by atoms with Crippen molar-refractivity contribution < 1.29 is 14.6 Å². The lowest BCUT2D eigenvalue weighted by Crippen LogP contribution is -2.50. The van der Waals surface area contributed by atoms with Crippen LogP contribution in [-0.2, 0) is 16.0 Å². The zero-order valence-electron chi connectivity index (χ0n) is 12.1. The maximum absolute atomic E-state index is 12.5. The Labute approximate surface area is 123 Å². The fraction of sp³-hybridized carbons (Fsp3) is 0.438. The zero-order chi connectivity index (χ0) is 14.8. The first kappa shape index (κ1) is 14.1. The Balaban J connectivity index is 1.74. The molecule has 1 aliphatic rings. The molecule has 2 N–H and O–H groups in total. The monoisotopic (exact) mass is 288 g/mol. The van der Waals surface area contributed by atoms with Gasteiger partial charge in [-0.2, -0.15) is 0 Å². The van der Waals surface area contributed by atoms with Crippen LogP contribution in [0.5, 0.6) is 0 Å². The first-order valence-electron chi connectivity index (χ1n) is 7.26. The van der Waals surface area contributed by atoms with Crippen molar-refractivity contribution in [2.45, 2.75) is 25.6 Å². The highest BCUT2D eigenvalue weighted by Crippen LogP contribution is 2.20. The Hall–Kier alpha value is -1.85. The SMILES string of the molecule is CC1CN(C(=O)Cc2c[nH]c3ccccc23)CC(CO)O1. The molecule has 0 radical (unpaired) electrons. The van der Waals surface area contributed by atoms with Crippen molar-refractivity contribution in [2.24, 2.45) is 0 Å². The summed E-state index contributed by atoms with van der Waals surface area (Å²) in [6, 6.07) is 7.97. The molecule has 2 heterocycles. The number of carbonyl (C=O) groups is 1. The number of ether oxygens (including phenoxy) is 1. The zero-order valence-corrected chi connectivity index (χ0v) is 12.1. The summed E-state index contributed by atoms with van der Waals surface area (Å²) >= 11 is 0. The van der Waals surface area contributed by atoms with Gasteiger partial charge in [-0.3, -0.25) is 4.79 Å². The van der Waals surface area contributed by atoms with Crippen molar-refractivity contribution in [1.29, 1.82) is 0 Å². The number of H-pyrrole nitrogens is 1. The lowest BCUT2D eigenvalue weighted by atomic mass is 10.1. The number of amides is 1. The molecule has 2 unspecified atom stereocenters. The number of rotatable bonds is 3. The minimum absolute atomic E-state index is 0.0391. The van der Waals surface area contributed by atoms with Crippen molar-refractivity contribution >= 4 is 16.8 Å². The molecule has 3 rings (SSSR count). The third-order valence-corrected chi connectivity index (χ3v) is 3.90. The van der Waals surface area contributed by atoms with Gasteiger partial charge in [-0.05, 0) is 18.6 Å². The predicted molar refractivity (Wildman–Crippen MR) is 80.0 cm³/mol. The highest BCUT2D eigenvalue weighted by Gasteiger charge is 2.28. The Bertz CT molecular complexity index is 637. The number of nitrogens with zero attached hydrogens (tertiary/aromatic N) is 1. The number of fused-ring (bicyclic) bond motifs is 1. The van der Waals surface area contributed by atoms with Gasteiger partial charge in [-0.15, -0.1) is 0 Å². The fourth-order valence-electron chi connectivity index (χ4n) is 2.90. The van der Waals surface area contributed by atoms with E-state index in [-0.39, 0.29) is 24.7 Å². The molecule has 0 spiro atoms. The van der Waals surface area contributed by atoms with E-state index in [0.29, 0.717) is 19.5 Å². The molecule has 2 atom stereocenters. The lowest BCUT2D eigenvalue weighted by molar-refractivity contribution is -0.146. The largest absolute Gasteiger partial charge is 0.394 e. The van der Waals surface area contributed by atoms with Crippen LogP contribution in [0.1, 0.15) is 12.5 Å². The summed E-state index contributed by atoms with van der Waals surface area (Å²) in [5, 5.41) is 10.3. The third kappa shape index (κ3) is 2.94. The number of aliphatic hydroxyl groups excluding tert-OH is 1. The molecule has 5 heteroatoms. The molecule has 2 aromatic rings. The number of para-hydroxylation sites is 1. The van der Waals surface area contributed by atoms with Crippen LogP contribution in [0.25, 0.3) is 10.9 Å².